The first-order valence-corrected chi connectivity index (χ1v) is 7.44. The summed E-state index contributed by atoms with van der Waals surface area (Å²) in [6.07, 6.45) is 7.62. The Bertz CT molecular complexity index is 869. The van der Waals surface area contributed by atoms with Crippen molar-refractivity contribution in [2.75, 3.05) is 13.1 Å². The molecule has 1 aliphatic heterocycles. The molecule has 3 aromatic heterocycles. The molecule has 8 heteroatoms. The van der Waals surface area contributed by atoms with Crippen LogP contribution in [-0.4, -0.2) is 42.5 Å². The Kier molecular flexibility index (Phi) is 2.96. The Morgan fingerprint density at radius 3 is 3.05 bits per heavy atom. The van der Waals surface area contributed by atoms with E-state index < -0.39 is 0 Å². The molecule has 4 rings (SSSR count). The number of nitrogens with zero attached hydrogens (tertiary/aromatic N) is 6. The quantitative estimate of drug-likeness (QED) is 0.741. The van der Waals surface area contributed by atoms with Crippen LogP contribution in [0.15, 0.2) is 31.0 Å². The number of aromatic nitrogens is 5. The molecular weight excluding hydrogens is 297 g/mol. The van der Waals surface area contributed by atoms with Crippen LogP contribution >= 0.6 is 9.39 Å². The maximum absolute atomic E-state index is 9.11. The second-order valence-corrected chi connectivity index (χ2v) is 6.33. The topological polar surface area (TPSA) is 86.4 Å². The van der Waals surface area contributed by atoms with Gasteiger partial charge < -0.3 is 4.98 Å². The Balaban J connectivity index is 1.76. The van der Waals surface area contributed by atoms with E-state index in [1.807, 2.05) is 23.1 Å². The SMILES string of the molecule is N#CCC1(n2cc(-c3ncnc4[nH]ccc34)cn2)CN(P)C1. The fraction of sp³-hybridized carbons (Fsp3) is 0.286. The minimum Gasteiger partial charge on any atom is -0.346 e. The molecule has 7 nitrogen and oxygen atoms in total. The first kappa shape index (κ1) is 13.4. The van der Waals surface area contributed by atoms with Gasteiger partial charge in [-0.1, -0.05) is 9.39 Å². The third kappa shape index (κ3) is 1.92. The van der Waals surface area contributed by atoms with Crippen molar-refractivity contribution in [2.45, 2.75) is 12.0 Å². The third-order valence-electron chi connectivity index (χ3n) is 4.10. The molecule has 3 aromatic rings. The van der Waals surface area contributed by atoms with E-state index in [0.717, 1.165) is 35.4 Å². The summed E-state index contributed by atoms with van der Waals surface area (Å²) >= 11 is 0. The second-order valence-electron chi connectivity index (χ2n) is 5.60. The molecule has 1 unspecified atom stereocenters. The lowest BCUT2D eigenvalue weighted by atomic mass is 9.89. The molecule has 0 radical (unpaired) electrons. The molecule has 1 fully saturated rings. The van der Waals surface area contributed by atoms with Gasteiger partial charge in [0.2, 0.25) is 0 Å². The predicted octanol–water partition coefficient (Wildman–Crippen LogP) is 1.54. The smallest absolute Gasteiger partial charge is 0.141 e. The summed E-state index contributed by atoms with van der Waals surface area (Å²) in [6, 6.07) is 4.24. The van der Waals surface area contributed by atoms with Crippen LogP contribution in [0.4, 0.5) is 0 Å². The van der Waals surface area contributed by atoms with Crippen LogP contribution < -0.4 is 0 Å². The summed E-state index contributed by atoms with van der Waals surface area (Å²) in [5.41, 5.74) is 2.36. The normalized spacial score (nSPS) is 17.3. The predicted molar refractivity (Wildman–Crippen MR) is 84.6 cm³/mol. The molecule has 0 aromatic carbocycles. The number of fused-ring (bicyclic) bond motifs is 1. The van der Waals surface area contributed by atoms with Crippen molar-refractivity contribution in [3.63, 3.8) is 0 Å². The molecule has 1 N–H and O–H groups in total. The van der Waals surface area contributed by atoms with Crippen molar-refractivity contribution in [3.05, 3.63) is 31.0 Å². The van der Waals surface area contributed by atoms with Crippen molar-refractivity contribution in [3.8, 4) is 17.3 Å². The fourth-order valence-corrected chi connectivity index (χ4v) is 3.68. The van der Waals surface area contributed by atoms with E-state index in [-0.39, 0.29) is 5.54 Å². The van der Waals surface area contributed by atoms with Gasteiger partial charge in [0.1, 0.15) is 17.5 Å². The van der Waals surface area contributed by atoms with Crippen LogP contribution in [-0.2, 0) is 5.54 Å². The summed E-state index contributed by atoms with van der Waals surface area (Å²) in [6.45, 7) is 1.60. The fourth-order valence-electron chi connectivity index (χ4n) is 3.00. The van der Waals surface area contributed by atoms with Gasteiger partial charge in [0.15, 0.2) is 0 Å². The number of hydrogen-bond donors (Lipinski definition) is 1. The van der Waals surface area contributed by atoms with Gasteiger partial charge in [-0.25, -0.2) is 9.97 Å². The number of aromatic amines is 1. The molecule has 0 saturated carbocycles. The first-order valence-electron chi connectivity index (χ1n) is 6.92. The number of rotatable bonds is 3. The van der Waals surface area contributed by atoms with Crippen LogP contribution in [0.5, 0.6) is 0 Å². The van der Waals surface area contributed by atoms with Crippen LogP contribution in [0.25, 0.3) is 22.3 Å². The Morgan fingerprint density at radius 2 is 2.27 bits per heavy atom. The van der Waals surface area contributed by atoms with Crippen LogP contribution in [0.3, 0.4) is 0 Å². The number of nitrogens with one attached hydrogen (secondary N) is 1. The zero-order valence-corrected chi connectivity index (χ0v) is 12.9. The summed E-state index contributed by atoms with van der Waals surface area (Å²) in [4.78, 5) is 11.7. The van der Waals surface area contributed by atoms with E-state index in [1.165, 1.54) is 0 Å². The van der Waals surface area contributed by atoms with E-state index in [4.69, 9.17) is 5.26 Å². The highest BCUT2D eigenvalue weighted by Crippen LogP contribution is 2.35. The summed E-state index contributed by atoms with van der Waals surface area (Å²) in [5, 5.41) is 14.6. The van der Waals surface area contributed by atoms with Gasteiger partial charge in [0.25, 0.3) is 0 Å². The Labute approximate surface area is 129 Å². The molecule has 0 spiro atoms. The van der Waals surface area contributed by atoms with Crippen LogP contribution in [0.1, 0.15) is 6.42 Å². The van der Waals surface area contributed by atoms with Gasteiger partial charge in [-0.2, -0.15) is 10.4 Å². The molecule has 1 saturated heterocycles. The molecule has 0 amide bonds. The van der Waals surface area contributed by atoms with Gasteiger partial charge in [0, 0.05) is 36.4 Å². The number of nitriles is 1. The van der Waals surface area contributed by atoms with Gasteiger partial charge in [-0.15, -0.1) is 0 Å². The van der Waals surface area contributed by atoms with Gasteiger partial charge in [-0.05, 0) is 6.07 Å². The summed E-state index contributed by atoms with van der Waals surface area (Å²) < 4.78 is 4.01. The first-order chi connectivity index (χ1) is 10.7. The van der Waals surface area contributed by atoms with Gasteiger partial charge in [-0.3, -0.25) is 9.35 Å². The number of hydrogen-bond acceptors (Lipinski definition) is 5. The molecule has 0 bridgehead atoms. The monoisotopic (exact) mass is 311 g/mol. The lowest BCUT2D eigenvalue weighted by Gasteiger charge is -2.47. The highest BCUT2D eigenvalue weighted by molar-refractivity contribution is 7.13. The van der Waals surface area contributed by atoms with E-state index >= 15 is 0 Å². The minimum absolute atomic E-state index is 0.237. The molecule has 1 aliphatic rings. The van der Waals surface area contributed by atoms with Crippen molar-refractivity contribution in [1.82, 2.24) is 29.4 Å². The zero-order chi connectivity index (χ0) is 15.2. The molecule has 1 atom stereocenters. The standard InChI is InChI=1S/C14H14N7P/c15-3-2-14(7-20(22)8-14)21-6-10(5-19-21)12-11-1-4-16-13(11)18-9-17-12/h1,4-6,9H,2,7-8,22H2,(H,16,17,18). The van der Waals surface area contributed by atoms with Crippen molar-refractivity contribution >= 4 is 20.4 Å². The molecular formula is C14H14N7P. The molecule has 22 heavy (non-hydrogen) atoms. The average Bonchev–Trinajstić information content (AvgIpc) is 3.14. The molecule has 110 valence electrons. The summed E-state index contributed by atoms with van der Waals surface area (Å²) in [5.74, 6) is 0. The highest BCUT2D eigenvalue weighted by Gasteiger charge is 2.43. The van der Waals surface area contributed by atoms with Crippen molar-refractivity contribution in [1.29, 1.82) is 5.26 Å². The van der Waals surface area contributed by atoms with Crippen molar-refractivity contribution in [2.24, 2.45) is 0 Å². The van der Waals surface area contributed by atoms with E-state index in [0.29, 0.717) is 6.42 Å². The third-order valence-corrected chi connectivity index (χ3v) is 4.46. The molecule has 0 aliphatic carbocycles. The van der Waals surface area contributed by atoms with Gasteiger partial charge >= 0.3 is 0 Å². The van der Waals surface area contributed by atoms with Crippen LogP contribution in [0, 0.1) is 11.3 Å². The largest absolute Gasteiger partial charge is 0.346 e. The lowest BCUT2D eigenvalue weighted by Crippen LogP contribution is -2.58. The van der Waals surface area contributed by atoms with Gasteiger partial charge in [0.05, 0.1) is 24.4 Å². The zero-order valence-electron chi connectivity index (χ0n) is 11.8. The second kappa shape index (κ2) is 4.87. The lowest BCUT2D eigenvalue weighted by molar-refractivity contribution is 0.0802. The van der Waals surface area contributed by atoms with E-state index in [9.17, 15) is 0 Å². The van der Waals surface area contributed by atoms with Crippen LogP contribution in [0.2, 0.25) is 0 Å². The molecule has 4 heterocycles. The Hall–Kier alpha value is -2.29. The van der Waals surface area contributed by atoms with E-state index in [1.54, 1.807) is 12.5 Å². The average molecular weight is 311 g/mol. The maximum atomic E-state index is 9.11. The maximum Gasteiger partial charge on any atom is 0.141 e. The number of H-pyrrole nitrogens is 1. The highest BCUT2D eigenvalue weighted by atomic mass is 31.0. The van der Waals surface area contributed by atoms with E-state index in [2.05, 4.69) is 40.2 Å². The minimum atomic E-state index is -0.237. The Morgan fingerprint density at radius 1 is 1.41 bits per heavy atom. The summed E-state index contributed by atoms with van der Waals surface area (Å²) in [7, 11) is 2.67. The van der Waals surface area contributed by atoms with Crippen molar-refractivity contribution < 1.29 is 0 Å².